The Kier molecular flexibility index (Phi) is 4.65. The molecule has 1 N–H and O–H groups in total. The quantitative estimate of drug-likeness (QED) is 0.730. The number of halogens is 1. The highest BCUT2D eigenvalue weighted by atomic mass is 35.5. The van der Waals surface area contributed by atoms with Crippen molar-refractivity contribution < 1.29 is 9.59 Å². The molecule has 2 amide bonds. The zero-order valence-corrected chi connectivity index (χ0v) is 16.3. The van der Waals surface area contributed by atoms with Crippen LogP contribution in [0.1, 0.15) is 28.5 Å². The summed E-state index contributed by atoms with van der Waals surface area (Å²) in [6, 6.07) is 13.0. The Morgan fingerprint density at radius 1 is 1.18 bits per heavy atom. The van der Waals surface area contributed by atoms with Gasteiger partial charge in [0.25, 0.3) is 5.91 Å². The number of carbonyl (C=O) groups is 2. The van der Waals surface area contributed by atoms with Crippen LogP contribution in [0.2, 0.25) is 5.02 Å². The molecule has 1 aliphatic heterocycles. The molecule has 2 aromatic carbocycles. The van der Waals surface area contributed by atoms with Crippen LogP contribution in [-0.2, 0) is 11.2 Å². The van der Waals surface area contributed by atoms with Crippen LogP contribution in [0.4, 0.5) is 11.4 Å². The molecule has 1 aromatic heterocycles. The molecule has 1 aliphatic rings. The monoisotopic (exact) mass is 394 g/mol. The first-order chi connectivity index (χ1) is 13.5. The second-order valence-electron chi connectivity index (χ2n) is 6.72. The predicted octanol–water partition coefficient (Wildman–Crippen LogP) is 4.00. The molecule has 0 spiro atoms. The summed E-state index contributed by atoms with van der Waals surface area (Å²) in [7, 11) is 0. The number of para-hydroxylation sites is 1. The molecular weight excluding hydrogens is 376 g/mol. The van der Waals surface area contributed by atoms with E-state index >= 15 is 0 Å². The fourth-order valence-electron chi connectivity index (χ4n) is 3.56. The third kappa shape index (κ3) is 3.16. The Hall–Kier alpha value is -3.12. The Bertz CT molecular complexity index is 1090. The number of nitrogens with zero attached hydrogens (tertiary/aromatic N) is 3. The van der Waals surface area contributed by atoms with E-state index in [1.165, 1.54) is 13.1 Å². The Balaban J connectivity index is 1.65. The average molecular weight is 395 g/mol. The van der Waals surface area contributed by atoms with Gasteiger partial charge in [-0.25, -0.2) is 4.68 Å². The van der Waals surface area contributed by atoms with Crippen molar-refractivity contribution in [3.63, 3.8) is 0 Å². The molecule has 0 saturated carbocycles. The van der Waals surface area contributed by atoms with E-state index in [9.17, 15) is 9.59 Å². The number of fused-ring (bicyclic) bond motifs is 1. The highest BCUT2D eigenvalue weighted by molar-refractivity contribution is 6.30. The third-order valence-electron chi connectivity index (χ3n) is 4.93. The second kappa shape index (κ2) is 7.13. The molecular formula is C21H19ClN4O2. The van der Waals surface area contributed by atoms with Gasteiger partial charge in [-0.3, -0.25) is 9.59 Å². The lowest BCUT2D eigenvalue weighted by atomic mass is 10.1. The van der Waals surface area contributed by atoms with Crippen LogP contribution in [0.25, 0.3) is 5.69 Å². The minimum absolute atomic E-state index is 0.0367. The van der Waals surface area contributed by atoms with E-state index in [0.29, 0.717) is 28.5 Å². The molecule has 7 heteroatoms. The summed E-state index contributed by atoms with van der Waals surface area (Å²) in [6.07, 6.45) is 2.32. The predicted molar refractivity (Wildman–Crippen MR) is 109 cm³/mol. The number of hydrogen-bond donors (Lipinski definition) is 1. The number of aromatic nitrogens is 2. The number of carbonyl (C=O) groups excluding carboxylic acids is 2. The summed E-state index contributed by atoms with van der Waals surface area (Å²) in [5, 5.41) is 7.89. The van der Waals surface area contributed by atoms with Gasteiger partial charge in [0.15, 0.2) is 0 Å². The largest absolute Gasteiger partial charge is 0.320 e. The summed E-state index contributed by atoms with van der Waals surface area (Å²) >= 11 is 6.06. The number of nitrogens with one attached hydrogen (secondary N) is 1. The number of rotatable bonds is 3. The highest BCUT2D eigenvalue weighted by Gasteiger charge is 2.26. The van der Waals surface area contributed by atoms with Gasteiger partial charge in [0.1, 0.15) is 0 Å². The topological polar surface area (TPSA) is 67.2 Å². The fourth-order valence-corrected chi connectivity index (χ4v) is 3.75. The first kappa shape index (κ1) is 18.3. The van der Waals surface area contributed by atoms with Crippen LogP contribution >= 0.6 is 11.6 Å². The maximum absolute atomic E-state index is 12.9. The van der Waals surface area contributed by atoms with Gasteiger partial charge >= 0.3 is 0 Å². The van der Waals surface area contributed by atoms with Crippen molar-refractivity contribution >= 4 is 34.8 Å². The van der Waals surface area contributed by atoms with Gasteiger partial charge in [-0.05, 0) is 43.2 Å². The van der Waals surface area contributed by atoms with Crippen molar-refractivity contribution in [3.05, 3.63) is 70.5 Å². The van der Waals surface area contributed by atoms with Crippen LogP contribution in [0.15, 0.2) is 48.7 Å². The highest BCUT2D eigenvalue weighted by Crippen LogP contribution is 2.36. The van der Waals surface area contributed by atoms with Crippen LogP contribution < -0.4 is 10.2 Å². The maximum atomic E-state index is 12.9. The van der Waals surface area contributed by atoms with Gasteiger partial charge < -0.3 is 10.2 Å². The van der Waals surface area contributed by atoms with Gasteiger partial charge in [0, 0.05) is 18.5 Å². The Morgan fingerprint density at radius 3 is 2.71 bits per heavy atom. The number of benzene rings is 2. The van der Waals surface area contributed by atoms with E-state index in [1.807, 2.05) is 37.3 Å². The lowest BCUT2D eigenvalue weighted by molar-refractivity contribution is -0.116. The molecule has 142 valence electrons. The summed E-state index contributed by atoms with van der Waals surface area (Å²) in [5.74, 6) is -0.306. The summed E-state index contributed by atoms with van der Waals surface area (Å²) in [6.45, 7) is 4.00. The van der Waals surface area contributed by atoms with Crippen LogP contribution in [0.5, 0.6) is 0 Å². The van der Waals surface area contributed by atoms with Crippen LogP contribution in [0, 0.1) is 6.92 Å². The van der Waals surface area contributed by atoms with Gasteiger partial charge in [-0.1, -0.05) is 29.8 Å². The minimum Gasteiger partial charge on any atom is -0.320 e. The Morgan fingerprint density at radius 2 is 1.96 bits per heavy atom. The molecule has 0 fully saturated rings. The molecule has 2 heterocycles. The average Bonchev–Trinajstić information content (AvgIpc) is 3.26. The molecule has 0 aliphatic carbocycles. The second-order valence-corrected chi connectivity index (χ2v) is 7.16. The third-order valence-corrected chi connectivity index (χ3v) is 5.16. The summed E-state index contributed by atoms with van der Waals surface area (Å²) in [5.41, 5.74) is 4.42. The van der Waals surface area contributed by atoms with E-state index in [0.717, 1.165) is 23.4 Å². The van der Waals surface area contributed by atoms with Gasteiger partial charge in [-0.15, -0.1) is 0 Å². The van der Waals surface area contributed by atoms with Crippen molar-refractivity contribution in [2.45, 2.75) is 20.3 Å². The van der Waals surface area contributed by atoms with Crippen molar-refractivity contribution in [1.29, 1.82) is 0 Å². The molecule has 4 rings (SSSR count). The zero-order chi connectivity index (χ0) is 19.8. The van der Waals surface area contributed by atoms with E-state index in [2.05, 4.69) is 10.4 Å². The van der Waals surface area contributed by atoms with Gasteiger partial charge in [0.05, 0.1) is 34.5 Å². The van der Waals surface area contributed by atoms with Crippen molar-refractivity contribution in [1.82, 2.24) is 9.78 Å². The number of hydrogen-bond acceptors (Lipinski definition) is 3. The maximum Gasteiger partial charge on any atom is 0.259 e. The molecule has 0 bridgehead atoms. The summed E-state index contributed by atoms with van der Waals surface area (Å²) < 4.78 is 1.68. The fraction of sp³-hybridized carbons (Fsp3) is 0.190. The van der Waals surface area contributed by atoms with Gasteiger partial charge in [0.2, 0.25) is 5.91 Å². The SMILES string of the molecule is CC(=O)N1CCc2cccc(NC(=O)c3cnn(-c4cccc(Cl)c4)c3C)c21. The lowest BCUT2D eigenvalue weighted by Gasteiger charge is -2.19. The molecule has 28 heavy (non-hydrogen) atoms. The Labute approximate surface area is 167 Å². The van der Waals surface area contributed by atoms with E-state index in [1.54, 1.807) is 21.7 Å². The molecule has 0 unspecified atom stereocenters. The first-order valence-electron chi connectivity index (χ1n) is 8.97. The molecule has 3 aromatic rings. The smallest absolute Gasteiger partial charge is 0.259 e. The van der Waals surface area contributed by atoms with Crippen LogP contribution in [-0.4, -0.2) is 28.1 Å². The number of anilines is 2. The lowest BCUT2D eigenvalue weighted by Crippen LogP contribution is -2.27. The van der Waals surface area contributed by atoms with E-state index < -0.39 is 0 Å². The summed E-state index contributed by atoms with van der Waals surface area (Å²) in [4.78, 5) is 26.6. The molecule has 0 saturated heterocycles. The molecule has 0 atom stereocenters. The van der Waals surface area contributed by atoms with Crippen molar-refractivity contribution in [2.24, 2.45) is 0 Å². The van der Waals surface area contributed by atoms with E-state index in [-0.39, 0.29) is 11.8 Å². The first-order valence-corrected chi connectivity index (χ1v) is 9.35. The minimum atomic E-state index is -0.269. The van der Waals surface area contributed by atoms with Crippen molar-refractivity contribution in [2.75, 3.05) is 16.8 Å². The number of amides is 2. The normalized spacial score (nSPS) is 12.8. The molecule has 6 nitrogen and oxygen atoms in total. The van der Waals surface area contributed by atoms with Gasteiger partial charge in [-0.2, -0.15) is 5.10 Å². The van der Waals surface area contributed by atoms with E-state index in [4.69, 9.17) is 11.6 Å². The zero-order valence-electron chi connectivity index (χ0n) is 15.6. The van der Waals surface area contributed by atoms with Crippen molar-refractivity contribution in [3.8, 4) is 5.69 Å². The molecule has 0 radical (unpaired) electrons. The standard InChI is InChI=1S/C21H19ClN4O2/c1-13-18(12-23-26(13)17-7-4-6-16(22)11-17)21(28)24-19-8-3-5-15-9-10-25(14(2)27)20(15)19/h3-8,11-12H,9-10H2,1-2H3,(H,24,28). The van der Waals surface area contributed by atoms with Crippen LogP contribution in [0.3, 0.4) is 0 Å².